The second kappa shape index (κ2) is 6.16. The fourth-order valence-corrected chi connectivity index (χ4v) is 2.11. The zero-order chi connectivity index (χ0) is 12.9. The third-order valence-corrected chi connectivity index (χ3v) is 3.08. The Morgan fingerprint density at radius 1 is 1.35 bits per heavy atom. The van der Waals surface area contributed by atoms with Crippen LogP contribution in [0.25, 0.3) is 0 Å². The molecule has 0 fully saturated rings. The van der Waals surface area contributed by atoms with Crippen molar-refractivity contribution in [3.05, 3.63) is 23.8 Å². The van der Waals surface area contributed by atoms with Crippen LogP contribution >= 0.6 is 11.8 Å². The van der Waals surface area contributed by atoms with Crippen molar-refractivity contribution in [2.75, 3.05) is 24.7 Å². The first-order valence-corrected chi connectivity index (χ1v) is 6.00. The van der Waals surface area contributed by atoms with E-state index in [1.54, 1.807) is 6.07 Å². The molecule has 17 heavy (non-hydrogen) atoms. The predicted molar refractivity (Wildman–Crippen MR) is 63.2 cm³/mol. The molecular weight excluding hydrogens is 251 g/mol. The minimum Gasteiger partial charge on any atom is -0.399 e. The summed E-state index contributed by atoms with van der Waals surface area (Å²) < 4.78 is 39.8. The highest BCUT2D eigenvalue weighted by Crippen LogP contribution is 2.24. The summed E-state index contributed by atoms with van der Waals surface area (Å²) in [5.41, 5.74) is 7.32. The summed E-state index contributed by atoms with van der Waals surface area (Å²) in [6, 6.07) is 5.48. The molecule has 0 radical (unpaired) electrons. The van der Waals surface area contributed by atoms with Gasteiger partial charge in [-0.05, 0) is 24.6 Å². The zero-order valence-electron chi connectivity index (χ0n) is 9.38. The maximum Gasteiger partial charge on any atom is 0.411 e. The molecule has 0 aromatic heterocycles. The Morgan fingerprint density at radius 3 is 2.71 bits per heavy atom. The molecular formula is C11H14F3NOS. The third-order valence-electron chi connectivity index (χ3n) is 1.96. The lowest BCUT2D eigenvalue weighted by molar-refractivity contribution is -0.172. The summed E-state index contributed by atoms with van der Waals surface area (Å²) in [6.45, 7) is 0.806. The van der Waals surface area contributed by atoms with Crippen molar-refractivity contribution in [2.45, 2.75) is 18.0 Å². The number of nitrogens with two attached hydrogens (primary N) is 1. The minimum absolute atomic E-state index is 0.0679. The first-order valence-electron chi connectivity index (χ1n) is 5.02. The first kappa shape index (κ1) is 14.2. The Kier molecular flexibility index (Phi) is 5.14. The number of halogens is 3. The second-order valence-electron chi connectivity index (χ2n) is 3.54. The van der Waals surface area contributed by atoms with Crippen LogP contribution in [-0.2, 0) is 4.74 Å². The van der Waals surface area contributed by atoms with Gasteiger partial charge in [-0.3, -0.25) is 0 Å². The third kappa shape index (κ3) is 5.83. The van der Waals surface area contributed by atoms with E-state index in [-0.39, 0.29) is 6.61 Å². The highest BCUT2D eigenvalue weighted by Gasteiger charge is 2.27. The normalized spacial score (nSPS) is 11.8. The van der Waals surface area contributed by atoms with Crippen molar-refractivity contribution < 1.29 is 17.9 Å². The van der Waals surface area contributed by atoms with Crippen LogP contribution in [0.5, 0.6) is 0 Å². The van der Waals surface area contributed by atoms with Crippen LogP contribution < -0.4 is 5.73 Å². The maximum absolute atomic E-state index is 11.8. The first-order chi connectivity index (χ1) is 7.88. The molecule has 0 aliphatic carbocycles. The summed E-state index contributed by atoms with van der Waals surface area (Å²) in [7, 11) is 0. The van der Waals surface area contributed by atoms with E-state index in [0.29, 0.717) is 11.4 Å². The highest BCUT2D eigenvalue weighted by molar-refractivity contribution is 7.99. The van der Waals surface area contributed by atoms with E-state index in [1.807, 2.05) is 19.1 Å². The average Bonchev–Trinajstić information content (AvgIpc) is 2.21. The quantitative estimate of drug-likeness (QED) is 0.504. The topological polar surface area (TPSA) is 35.2 Å². The van der Waals surface area contributed by atoms with Crippen molar-refractivity contribution in [1.82, 2.24) is 0 Å². The molecule has 0 atom stereocenters. The fourth-order valence-electron chi connectivity index (χ4n) is 1.17. The van der Waals surface area contributed by atoms with E-state index < -0.39 is 12.8 Å². The number of rotatable bonds is 5. The van der Waals surface area contributed by atoms with Gasteiger partial charge in [-0.1, -0.05) is 6.07 Å². The van der Waals surface area contributed by atoms with Gasteiger partial charge in [0.05, 0.1) is 6.61 Å². The molecule has 0 saturated heterocycles. The molecule has 0 bridgehead atoms. The van der Waals surface area contributed by atoms with Gasteiger partial charge in [0.15, 0.2) is 0 Å². The van der Waals surface area contributed by atoms with Crippen molar-refractivity contribution in [3.63, 3.8) is 0 Å². The molecule has 96 valence electrons. The largest absolute Gasteiger partial charge is 0.411 e. The molecule has 1 aromatic carbocycles. The van der Waals surface area contributed by atoms with Gasteiger partial charge in [0.25, 0.3) is 0 Å². The summed E-state index contributed by atoms with van der Waals surface area (Å²) >= 11 is 1.44. The van der Waals surface area contributed by atoms with Crippen molar-refractivity contribution >= 4 is 17.4 Å². The lowest BCUT2D eigenvalue weighted by Crippen LogP contribution is -2.17. The van der Waals surface area contributed by atoms with Gasteiger partial charge in [0, 0.05) is 16.3 Å². The standard InChI is InChI=1S/C11H14F3NOS/c1-8-2-3-9(15)6-10(8)17-5-4-16-7-11(12,13)14/h2-3,6H,4-5,7,15H2,1H3. The molecule has 0 aliphatic rings. The number of thioether (sulfide) groups is 1. The van der Waals surface area contributed by atoms with Crippen LogP contribution in [-0.4, -0.2) is 25.1 Å². The molecule has 0 unspecified atom stereocenters. The van der Waals surface area contributed by atoms with E-state index in [2.05, 4.69) is 4.74 Å². The van der Waals surface area contributed by atoms with Gasteiger partial charge < -0.3 is 10.5 Å². The lowest BCUT2D eigenvalue weighted by atomic mass is 10.2. The van der Waals surface area contributed by atoms with E-state index in [4.69, 9.17) is 5.73 Å². The zero-order valence-corrected chi connectivity index (χ0v) is 10.2. The predicted octanol–water partition coefficient (Wildman–Crippen LogP) is 3.25. The molecule has 1 aromatic rings. The highest BCUT2D eigenvalue weighted by atomic mass is 32.2. The maximum atomic E-state index is 11.8. The van der Waals surface area contributed by atoms with E-state index >= 15 is 0 Å². The molecule has 0 heterocycles. The number of alkyl halides is 3. The summed E-state index contributed by atoms with van der Waals surface area (Å²) in [6.07, 6.45) is -4.25. The summed E-state index contributed by atoms with van der Waals surface area (Å²) in [5.74, 6) is 0.473. The van der Waals surface area contributed by atoms with Crippen LogP contribution in [0.3, 0.4) is 0 Å². The van der Waals surface area contributed by atoms with Crippen molar-refractivity contribution in [2.24, 2.45) is 0 Å². The molecule has 0 amide bonds. The van der Waals surface area contributed by atoms with Gasteiger partial charge in [-0.15, -0.1) is 11.8 Å². The number of ether oxygens (including phenoxy) is 1. The number of hydrogen-bond acceptors (Lipinski definition) is 3. The van der Waals surface area contributed by atoms with Crippen LogP contribution in [0.4, 0.5) is 18.9 Å². The van der Waals surface area contributed by atoms with Crippen LogP contribution in [0.2, 0.25) is 0 Å². The number of nitrogen functional groups attached to an aromatic ring is 1. The SMILES string of the molecule is Cc1ccc(N)cc1SCCOCC(F)(F)F. The molecule has 6 heteroatoms. The Morgan fingerprint density at radius 2 is 2.06 bits per heavy atom. The molecule has 2 nitrogen and oxygen atoms in total. The van der Waals surface area contributed by atoms with Gasteiger partial charge >= 0.3 is 6.18 Å². The smallest absolute Gasteiger partial charge is 0.399 e. The van der Waals surface area contributed by atoms with Gasteiger partial charge in [-0.2, -0.15) is 13.2 Å². The van der Waals surface area contributed by atoms with Crippen LogP contribution in [0.15, 0.2) is 23.1 Å². The van der Waals surface area contributed by atoms with Crippen LogP contribution in [0.1, 0.15) is 5.56 Å². The summed E-state index contributed by atoms with van der Waals surface area (Å²) in [5, 5.41) is 0. The monoisotopic (exact) mass is 265 g/mol. The molecule has 0 aliphatic heterocycles. The van der Waals surface area contributed by atoms with Crippen molar-refractivity contribution in [1.29, 1.82) is 0 Å². The average molecular weight is 265 g/mol. The number of hydrogen-bond donors (Lipinski definition) is 1. The molecule has 0 spiro atoms. The van der Waals surface area contributed by atoms with Gasteiger partial charge in [0.2, 0.25) is 0 Å². The molecule has 1 rings (SSSR count). The van der Waals surface area contributed by atoms with Gasteiger partial charge in [0.1, 0.15) is 6.61 Å². The van der Waals surface area contributed by atoms with Gasteiger partial charge in [-0.25, -0.2) is 0 Å². The van der Waals surface area contributed by atoms with E-state index in [1.165, 1.54) is 11.8 Å². The number of benzene rings is 1. The Balaban J connectivity index is 2.29. The minimum atomic E-state index is -4.25. The Bertz CT molecular complexity index is 368. The Hall–Kier alpha value is -0.880. The number of aryl methyl sites for hydroxylation is 1. The number of anilines is 1. The molecule has 2 N–H and O–H groups in total. The second-order valence-corrected chi connectivity index (χ2v) is 4.68. The lowest BCUT2D eigenvalue weighted by Gasteiger charge is -2.08. The van der Waals surface area contributed by atoms with E-state index in [9.17, 15) is 13.2 Å². The molecule has 0 saturated carbocycles. The van der Waals surface area contributed by atoms with Crippen molar-refractivity contribution in [3.8, 4) is 0 Å². The van der Waals surface area contributed by atoms with E-state index in [0.717, 1.165) is 10.5 Å². The summed E-state index contributed by atoms with van der Waals surface area (Å²) in [4.78, 5) is 0.973. The fraction of sp³-hybridized carbons (Fsp3) is 0.455. The van der Waals surface area contributed by atoms with Crippen LogP contribution in [0, 0.1) is 6.92 Å². The Labute approximate surface area is 102 Å².